The van der Waals surface area contributed by atoms with E-state index in [-0.39, 0.29) is 12.0 Å². The number of hydrogen-bond acceptors (Lipinski definition) is 4. The van der Waals surface area contributed by atoms with Crippen LogP contribution >= 0.6 is 11.6 Å². The molecule has 0 bridgehead atoms. The Morgan fingerprint density at radius 2 is 1.62 bits per heavy atom. The Morgan fingerprint density at radius 1 is 1.00 bits per heavy atom. The Morgan fingerprint density at radius 3 is 2.19 bits per heavy atom. The van der Waals surface area contributed by atoms with E-state index in [4.69, 9.17) is 16.3 Å². The fraction of sp³-hybridized carbons (Fsp3) is 0.579. The molecule has 26 heavy (non-hydrogen) atoms. The lowest BCUT2D eigenvalue weighted by Gasteiger charge is -2.42. The third-order valence-electron chi connectivity index (χ3n) is 5.20. The second-order valence-electron chi connectivity index (χ2n) is 6.75. The number of carbonyl (C=O) groups is 2. The third-order valence-corrected chi connectivity index (χ3v) is 5.45. The SMILES string of the molecule is CCOC(=O)N1CCC(N2CCN(C(=O)c3ccc(Cl)cc3)CC2)CC1. The van der Waals surface area contributed by atoms with Gasteiger partial charge in [0.2, 0.25) is 0 Å². The first-order valence-corrected chi connectivity index (χ1v) is 9.67. The van der Waals surface area contributed by atoms with Crippen LogP contribution < -0.4 is 0 Å². The zero-order valence-electron chi connectivity index (χ0n) is 15.2. The maximum absolute atomic E-state index is 12.6. The molecule has 2 aliphatic rings. The van der Waals surface area contributed by atoms with Gasteiger partial charge in [-0.15, -0.1) is 0 Å². The number of halogens is 1. The molecule has 0 saturated carbocycles. The molecule has 0 unspecified atom stereocenters. The molecule has 2 aliphatic heterocycles. The Hall–Kier alpha value is -1.79. The number of piperazine rings is 1. The molecule has 2 saturated heterocycles. The van der Waals surface area contributed by atoms with Crippen molar-refractivity contribution in [2.24, 2.45) is 0 Å². The second kappa shape index (κ2) is 8.73. The van der Waals surface area contributed by atoms with Gasteiger partial charge in [0, 0.05) is 55.9 Å². The van der Waals surface area contributed by atoms with E-state index in [0.717, 1.165) is 52.1 Å². The number of piperidine rings is 1. The van der Waals surface area contributed by atoms with E-state index in [1.807, 2.05) is 11.8 Å². The quantitative estimate of drug-likeness (QED) is 0.810. The molecule has 2 heterocycles. The highest BCUT2D eigenvalue weighted by atomic mass is 35.5. The minimum atomic E-state index is -0.204. The first-order valence-electron chi connectivity index (χ1n) is 9.29. The van der Waals surface area contributed by atoms with Crippen LogP contribution in [0.5, 0.6) is 0 Å². The molecule has 0 spiro atoms. The van der Waals surface area contributed by atoms with E-state index in [0.29, 0.717) is 23.2 Å². The van der Waals surface area contributed by atoms with Gasteiger partial charge < -0.3 is 14.5 Å². The van der Waals surface area contributed by atoms with Gasteiger partial charge in [-0.05, 0) is 44.0 Å². The smallest absolute Gasteiger partial charge is 0.409 e. The molecule has 1 aromatic carbocycles. The summed E-state index contributed by atoms with van der Waals surface area (Å²) in [6.07, 6.45) is 1.72. The molecule has 1 aromatic rings. The normalized spacial score (nSPS) is 19.5. The van der Waals surface area contributed by atoms with Gasteiger partial charge >= 0.3 is 6.09 Å². The van der Waals surface area contributed by atoms with Crippen molar-refractivity contribution < 1.29 is 14.3 Å². The van der Waals surface area contributed by atoms with E-state index >= 15 is 0 Å². The second-order valence-corrected chi connectivity index (χ2v) is 7.19. The van der Waals surface area contributed by atoms with Crippen molar-refractivity contribution in [3.05, 3.63) is 34.9 Å². The number of hydrogen-bond donors (Lipinski definition) is 0. The van der Waals surface area contributed by atoms with Gasteiger partial charge in [-0.2, -0.15) is 0 Å². The lowest BCUT2D eigenvalue weighted by molar-refractivity contribution is 0.0417. The molecule has 0 aromatic heterocycles. The van der Waals surface area contributed by atoms with Crippen LogP contribution in [0.3, 0.4) is 0 Å². The van der Waals surface area contributed by atoms with Crippen molar-refractivity contribution in [1.82, 2.24) is 14.7 Å². The number of nitrogens with zero attached hydrogens (tertiary/aromatic N) is 3. The van der Waals surface area contributed by atoms with Crippen molar-refractivity contribution in [2.45, 2.75) is 25.8 Å². The Kier molecular flexibility index (Phi) is 6.38. The highest BCUT2D eigenvalue weighted by molar-refractivity contribution is 6.30. The van der Waals surface area contributed by atoms with Gasteiger partial charge in [-0.1, -0.05) is 11.6 Å². The number of amides is 2. The lowest BCUT2D eigenvalue weighted by atomic mass is 10.0. The van der Waals surface area contributed by atoms with Crippen LogP contribution in [0.1, 0.15) is 30.1 Å². The molecule has 3 rings (SSSR count). The molecule has 6 nitrogen and oxygen atoms in total. The van der Waals surface area contributed by atoms with Crippen molar-refractivity contribution in [3.63, 3.8) is 0 Å². The number of rotatable bonds is 3. The van der Waals surface area contributed by atoms with E-state index < -0.39 is 0 Å². The van der Waals surface area contributed by atoms with Gasteiger partial charge in [0.1, 0.15) is 0 Å². The number of benzene rings is 1. The summed E-state index contributed by atoms with van der Waals surface area (Å²) in [6.45, 7) is 6.96. The number of ether oxygens (including phenoxy) is 1. The summed E-state index contributed by atoms with van der Waals surface area (Å²) in [7, 11) is 0. The molecule has 2 fully saturated rings. The van der Waals surface area contributed by atoms with Crippen LogP contribution in [-0.2, 0) is 4.74 Å². The first-order chi connectivity index (χ1) is 12.6. The van der Waals surface area contributed by atoms with Crippen LogP contribution in [0, 0.1) is 0 Å². The molecule has 0 atom stereocenters. The van der Waals surface area contributed by atoms with Gasteiger partial charge in [0.05, 0.1) is 6.61 Å². The first kappa shape index (κ1) is 19.0. The minimum Gasteiger partial charge on any atom is -0.450 e. The van der Waals surface area contributed by atoms with Gasteiger partial charge in [0.15, 0.2) is 0 Å². The number of carbonyl (C=O) groups excluding carboxylic acids is 2. The molecule has 0 N–H and O–H groups in total. The van der Waals surface area contributed by atoms with E-state index in [1.165, 1.54) is 0 Å². The third kappa shape index (κ3) is 4.48. The summed E-state index contributed by atoms with van der Waals surface area (Å²) in [5.41, 5.74) is 0.686. The predicted molar refractivity (Wildman–Crippen MR) is 101 cm³/mol. The average Bonchev–Trinajstić information content (AvgIpc) is 2.68. The Bertz CT molecular complexity index is 621. The van der Waals surface area contributed by atoms with Crippen LogP contribution in [0.15, 0.2) is 24.3 Å². The van der Waals surface area contributed by atoms with Crippen LogP contribution in [0.25, 0.3) is 0 Å². The van der Waals surface area contributed by atoms with Gasteiger partial charge in [-0.25, -0.2) is 4.79 Å². The van der Waals surface area contributed by atoms with Crippen molar-refractivity contribution in [2.75, 3.05) is 45.9 Å². The minimum absolute atomic E-state index is 0.0680. The molecule has 0 radical (unpaired) electrons. The van der Waals surface area contributed by atoms with Crippen LogP contribution in [0.2, 0.25) is 5.02 Å². The molecule has 2 amide bonds. The van der Waals surface area contributed by atoms with Crippen LogP contribution in [-0.4, -0.2) is 78.6 Å². The Balaban J connectivity index is 1.46. The summed E-state index contributed by atoms with van der Waals surface area (Å²) < 4.78 is 5.07. The van der Waals surface area contributed by atoms with Gasteiger partial charge in [-0.3, -0.25) is 9.69 Å². The van der Waals surface area contributed by atoms with E-state index in [9.17, 15) is 9.59 Å². The summed E-state index contributed by atoms with van der Waals surface area (Å²) >= 11 is 5.89. The average molecular weight is 380 g/mol. The monoisotopic (exact) mass is 379 g/mol. The summed E-state index contributed by atoms with van der Waals surface area (Å²) in [5, 5.41) is 0.639. The highest BCUT2D eigenvalue weighted by Gasteiger charge is 2.30. The number of likely N-dealkylation sites (tertiary alicyclic amines) is 1. The topological polar surface area (TPSA) is 53.1 Å². The largest absolute Gasteiger partial charge is 0.450 e. The lowest BCUT2D eigenvalue weighted by Crippen LogP contribution is -2.54. The van der Waals surface area contributed by atoms with E-state index in [1.54, 1.807) is 29.2 Å². The van der Waals surface area contributed by atoms with Gasteiger partial charge in [0.25, 0.3) is 5.91 Å². The van der Waals surface area contributed by atoms with E-state index in [2.05, 4.69) is 4.90 Å². The summed E-state index contributed by atoms with van der Waals surface area (Å²) in [6, 6.07) is 7.54. The molecular formula is C19H26ClN3O3. The molecule has 7 heteroatoms. The zero-order chi connectivity index (χ0) is 18.5. The zero-order valence-corrected chi connectivity index (χ0v) is 16.0. The predicted octanol–water partition coefficient (Wildman–Crippen LogP) is 2.72. The molecule has 142 valence electrons. The van der Waals surface area contributed by atoms with Crippen molar-refractivity contribution in [3.8, 4) is 0 Å². The van der Waals surface area contributed by atoms with Crippen molar-refractivity contribution >= 4 is 23.6 Å². The summed E-state index contributed by atoms with van der Waals surface area (Å²) in [5.74, 6) is 0.0680. The summed E-state index contributed by atoms with van der Waals surface area (Å²) in [4.78, 5) is 30.5. The maximum atomic E-state index is 12.6. The standard InChI is InChI=1S/C19H26ClN3O3/c1-2-26-19(25)23-9-7-17(8-10-23)21-11-13-22(14-12-21)18(24)15-3-5-16(20)6-4-15/h3-6,17H,2,7-14H2,1H3. The van der Waals surface area contributed by atoms with Crippen molar-refractivity contribution in [1.29, 1.82) is 0 Å². The highest BCUT2D eigenvalue weighted by Crippen LogP contribution is 2.20. The molecule has 0 aliphatic carbocycles. The maximum Gasteiger partial charge on any atom is 0.409 e. The fourth-order valence-corrected chi connectivity index (χ4v) is 3.82. The Labute approximate surface area is 159 Å². The fourth-order valence-electron chi connectivity index (χ4n) is 3.69. The van der Waals surface area contributed by atoms with Crippen LogP contribution in [0.4, 0.5) is 4.79 Å². The molecular weight excluding hydrogens is 354 g/mol.